The summed E-state index contributed by atoms with van der Waals surface area (Å²) in [5.41, 5.74) is 7.74. The van der Waals surface area contributed by atoms with Crippen molar-refractivity contribution in [1.29, 1.82) is 0 Å². The summed E-state index contributed by atoms with van der Waals surface area (Å²) in [7, 11) is -4.27. The van der Waals surface area contributed by atoms with Crippen LogP contribution < -0.4 is 16.4 Å². The molecule has 0 radical (unpaired) electrons. The van der Waals surface area contributed by atoms with Gasteiger partial charge in [0.05, 0.1) is 4.90 Å². The molecule has 4 N–H and O–H groups in total. The average molecular weight is 288 g/mol. The Morgan fingerprint density at radius 2 is 1.89 bits per heavy atom. The first kappa shape index (κ1) is 14.4. The van der Waals surface area contributed by atoms with Crippen molar-refractivity contribution < 1.29 is 17.8 Å². The molecule has 0 unspecified atom stereocenters. The van der Waals surface area contributed by atoms with E-state index in [0.717, 1.165) is 10.4 Å². The maximum absolute atomic E-state index is 10.4. The zero-order valence-corrected chi connectivity index (χ0v) is 11.1. The van der Waals surface area contributed by atoms with Gasteiger partial charge in [0.15, 0.2) is 0 Å². The molecule has 2 aromatic rings. The first-order chi connectivity index (χ1) is 8.30. The second-order valence-corrected chi connectivity index (χ2v) is 5.53. The molecule has 0 bridgehead atoms. The van der Waals surface area contributed by atoms with Crippen LogP contribution in [0.15, 0.2) is 34.7 Å². The third-order valence-electron chi connectivity index (χ3n) is 1.88. The van der Waals surface area contributed by atoms with E-state index in [2.05, 4.69) is 5.10 Å². The molecule has 0 aliphatic carbocycles. The summed E-state index contributed by atoms with van der Waals surface area (Å²) in [5.74, 6) is 5.13. The number of rotatable bonds is 1. The van der Waals surface area contributed by atoms with Gasteiger partial charge in [0.1, 0.15) is 15.6 Å². The van der Waals surface area contributed by atoms with Gasteiger partial charge in [-0.05, 0) is 35.2 Å². The van der Waals surface area contributed by atoms with E-state index in [0.29, 0.717) is 5.13 Å². The minimum atomic E-state index is -4.27. The predicted octanol–water partition coefficient (Wildman–Crippen LogP) is -0.374. The van der Waals surface area contributed by atoms with Crippen LogP contribution in [0.2, 0.25) is 0 Å². The smallest absolute Gasteiger partial charge is 0.378 e. The van der Waals surface area contributed by atoms with Gasteiger partial charge in [-0.1, -0.05) is 22.8 Å². The Hall–Kier alpha value is -1.71. The number of nitrogens with zero attached hydrogens (tertiary/aromatic N) is 2. The van der Waals surface area contributed by atoms with E-state index in [-0.39, 0.29) is 4.90 Å². The lowest BCUT2D eigenvalue weighted by Gasteiger charge is -2.05. The molecule has 1 aromatic heterocycles. The van der Waals surface area contributed by atoms with E-state index >= 15 is 0 Å². The van der Waals surface area contributed by atoms with E-state index in [4.69, 9.17) is 11.6 Å². The van der Waals surface area contributed by atoms with Gasteiger partial charge in [-0.3, -0.25) is 5.73 Å². The number of benzene rings is 1. The molecular formula is C9H12N4O3S2. The van der Waals surface area contributed by atoms with Gasteiger partial charge >= 0.3 is 5.13 Å². The third-order valence-corrected chi connectivity index (χ3v) is 3.36. The molecule has 2 rings (SSSR count). The Morgan fingerprint density at radius 1 is 1.33 bits per heavy atom. The molecule has 1 heterocycles. The molecule has 0 fully saturated rings. The Balaban J connectivity index is 0.000000199. The highest BCUT2D eigenvalue weighted by Crippen LogP contribution is 2.08. The highest BCUT2D eigenvalue weighted by molar-refractivity contribution is 7.85. The second kappa shape index (κ2) is 5.76. The molecule has 0 aliphatic heterocycles. The molecule has 0 saturated carbocycles. The highest BCUT2D eigenvalue weighted by Gasteiger charge is 1.99. The van der Waals surface area contributed by atoms with Crippen LogP contribution in [0.25, 0.3) is 0 Å². The summed E-state index contributed by atoms with van der Waals surface area (Å²) >= 11 is 1.31. The van der Waals surface area contributed by atoms with Crippen molar-refractivity contribution in [2.45, 2.75) is 11.8 Å². The van der Waals surface area contributed by atoms with Crippen molar-refractivity contribution in [1.82, 2.24) is 5.10 Å². The zero-order valence-electron chi connectivity index (χ0n) is 9.48. The molecule has 1 aromatic carbocycles. The predicted molar refractivity (Wildman–Crippen MR) is 66.0 cm³/mol. The monoisotopic (exact) mass is 288 g/mol. The summed E-state index contributed by atoms with van der Waals surface area (Å²) in [6, 6.07) is 5.78. The molecule has 0 spiro atoms. The van der Waals surface area contributed by atoms with Crippen LogP contribution in [0.5, 0.6) is 0 Å². The van der Waals surface area contributed by atoms with E-state index < -0.39 is 10.1 Å². The van der Waals surface area contributed by atoms with Crippen LogP contribution in [-0.2, 0) is 10.1 Å². The van der Waals surface area contributed by atoms with Crippen molar-refractivity contribution >= 4 is 26.6 Å². The van der Waals surface area contributed by atoms with Crippen molar-refractivity contribution in [3.63, 3.8) is 0 Å². The first-order valence-corrected chi connectivity index (χ1v) is 6.98. The van der Waals surface area contributed by atoms with Gasteiger partial charge < -0.3 is 4.55 Å². The lowest BCUT2D eigenvalue weighted by atomic mass is 10.2. The van der Waals surface area contributed by atoms with E-state index in [1.165, 1.54) is 23.5 Å². The van der Waals surface area contributed by atoms with Crippen molar-refractivity contribution in [2.24, 2.45) is 0 Å². The number of anilines is 1. The number of hydrogen-bond donors (Lipinski definition) is 2. The fourth-order valence-electron chi connectivity index (χ4n) is 0.944. The van der Waals surface area contributed by atoms with Crippen molar-refractivity contribution in [3.8, 4) is 0 Å². The fourth-order valence-corrected chi connectivity index (χ4v) is 1.83. The molecule has 0 amide bonds. The molecule has 0 atom stereocenters. The number of nitrogens with two attached hydrogens (primary N) is 2. The SMILES string of the molecule is Cc1ccc(S(=O)(=O)[O-])cc1.Nc1scn[n+]1N. The minimum Gasteiger partial charge on any atom is -0.744 e. The summed E-state index contributed by atoms with van der Waals surface area (Å²) < 4.78 is 31.2. The number of nitrogen functional groups attached to an aromatic ring is 2. The molecule has 7 nitrogen and oxygen atoms in total. The van der Waals surface area contributed by atoms with Crippen LogP contribution >= 0.6 is 11.3 Å². The Labute approximate surface area is 108 Å². The van der Waals surface area contributed by atoms with Gasteiger partial charge in [0, 0.05) is 0 Å². The molecule has 98 valence electrons. The lowest BCUT2D eigenvalue weighted by Crippen LogP contribution is -2.47. The van der Waals surface area contributed by atoms with Gasteiger partial charge in [-0.2, -0.15) is 0 Å². The average Bonchev–Trinajstić information content (AvgIpc) is 2.63. The molecule has 9 heteroatoms. The van der Waals surface area contributed by atoms with Crippen LogP contribution in [-0.4, -0.2) is 18.1 Å². The van der Waals surface area contributed by atoms with Crippen LogP contribution in [0.1, 0.15) is 5.56 Å². The normalized spacial score (nSPS) is 10.6. The maximum atomic E-state index is 10.4. The molecular weight excluding hydrogens is 276 g/mol. The van der Waals surface area contributed by atoms with Crippen molar-refractivity contribution in [2.75, 3.05) is 11.6 Å². The summed E-state index contributed by atoms with van der Waals surface area (Å²) in [6.45, 7) is 1.82. The highest BCUT2D eigenvalue weighted by atomic mass is 32.2. The summed E-state index contributed by atoms with van der Waals surface area (Å²) in [5, 5.41) is 4.12. The lowest BCUT2D eigenvalue weighted by molar-refractivity contribution is -0.681. The topological polar surface area (TPSA) is 126 Å². The van der Waals surface area contributed by atoms with E-state index in [1.807, 2.05) is 6.92 Å². The van der Waals surface area contributed by atoms with Crippen LogP contribution in [0.4, 0.5) is 5.13 Å². The number of hydrogen-bond acceptors (Lipinski definition) is 7. The zero-order chi connectivity index (χ0) is 13.8. The largest absolute Gasteiger partial charge is 0.744 e. The Bertz CT molecular complexity index is 590. The standard InChI is InChI=1S/C7H8O3S.C2H4N4S/c1-6-2-4-7(5-3-6)11(8,9)10;3-2-6(4)5-1-7-2/h2-5H,1H3,(H,8,9,10);1,3H,4H2. The summed E-state index contributed by atoms with van der Waals surface area (Å²) in [6.07, 6.45) is 0. The van der Waals surface area contributed by atoms with Crippen LogP contribution in [0, 0.1) is 6.92 Å². The second-order valence-electron chi connectivity index (χ2n) is 3.29. The maximum Gasteiger partial charge on any atom is 0.378 e. The third kappa shape index (κ3) is 4.28. The fraction of sp³-hybridized carbons (Fsp3) is 0.111. The van der Waals surface area contributed by atoms with Gasteiger partial charge in [0.2, 0.25) is 0 Å². The Morgan fingerprint density at radius 3 is 2.17 bits per heavy atom. The van der Waals surface area contributed by atoms with Gasteiger partial charge in [0.25, 0.3) is 0 Å². The molecule has 0 aliphatic rings. The number of aryl methyl sites for hydroxylation is 1. The minimum absolute atomic E-state index is 0.178. The van der Waals surface area contributed by atoms with E-state index in [9.17, 15) is 13.0 Å². The van der Waals surface area contributed by atoms with Gasteiger partial charge in [-0.15, -0.1) is 0 Å². The first-order valence-electron chi connectivity index (χ1n) is 4.69. The van der Waals surface area contributed by atoms with Crippen LogP contribution in [0.3, 0.4) is 0 Å². The van der Waals surface area contributed by atoms with E-state index in [1.54, 1.807) is 17.6 Å². The van der Waals surface area contributed by atoms with Gasteiger partial charge in [-0.25, -0.2) is 14.3 Å². The molecule has 0 saturated heterocycles. The molecule has 18 heavy (non-hydrogen) atoms. The van der Waals surface area contributed by atoms with Crippen molar-refractivity contribution in [3.05, 3.63) is 35.3 Å². The quantitative estimate of drug-likeness (QED) is 0.418. The summed E-state index contributed by atoms with van der Waals surface area (Å²) in [4.78, 5) is 0.952. The number of aromatic nitrogens is 2. The Kier molecular flexibility index (Phi) is 4.59.